The van der Waals surface area contributed by atoms with Crippen LogP contribution in [-0.4, -0.2) is 85.0 Å². The summed E-state index contributed by atoms with van der Waals surface area (Å²) in [5, 5.41) is 14.5. The molecule has 3 aliphatic carbocycles. The summed E-state index contributed by atoms with van der Waals surface area (Å²) in [6, 6.07) is -1.21. The van der Waals surface area contributed by atoms with Crippen LogP contribution in [0.1, 0.15) is 60.3 Å². The molecule has 2 heterocycles. The van der Waals surface area contributed by atoms with E-state index >= 15 is 0 Å². The second-order valence-corrected chi connectivity index (χ2v) is 11.8. The maximum absolute atomic E-state index is 13.3. The Hall–Kier alpha value is -1.85. The Balaban J connectivity index is 1.45. The molecule has 6 atom stereocenters. The van der Waals surface area contributed by atoms with Gasteiger partial charge in [0.05, 0.1) is 37.3 Å². The summed E-state index contributed by atoms with van der Waals surface area (Å²) < 4.78 is 18.3. The van der Waals surface area contributed by atoms with E-state index in [2.05, 4.69) is 45.3 Å². The van der Waals surface area contributed by atoms with Crippen molar-refractivity contribution in [1.29, 1.82) is 0 Å². The lowest BCUT2D eigenvalue weighted by molar-refractivity contribution is -0.199. The van der Waals surface area contributed by atoms with Gasteiger partial charge in [-0.15, -0.1) is 0 Å². The molecule has 5 aliphatic rings. The molecule has 0 aromatic carbocycles. The van der Waals surface area contributed by atoms with Crippen molar-refractivity contribution in [3.63, 3.8) is 0 Å². The molecular formula is C24H40BN3O7. The first-order valence-corrected chi connectivity index (χ1v) is 12.9. The molecule has 11 heteroatoms. The van der Waals surface area contributed by atoms with Crippen molar-refractivity contribution in [2.24, 2.45) is 23.2 Å². The van der Waals surface area contributed by atoms with E-state index in [4.69, 9.17) is 14.0 Å². The number of rotatable bonds is 8. The van der Waals surface area contributed by atoms with Crippen molar-refractivity contribution in [3.05, 3.63) is 0 Å². The lowest BCUT2D eigenvalue weighted by atomic mass is 9.43. The summed E-state index contributed by atoms with van der Waals surface area (Å²) in [5.41, 5.74) is -0.204. The maximum atomic E-state index is 13.3. The van der Waals surface area contributed by atoms with E-state index < -0.39 is 36.7 Å². The zero-order valence-corrected chi connectivity index (χ0v) is 21.5. The number of carbonyl (C=O) groups is 3. The van der Waals surface area contributed by atoms with Gasteiger partial charge in [0.25, 0.3) is 0 Å². The van der Waals surface area contributed by atoms with Crippen molar-refractivity contribution in [2.45, 2.75) is 84.0 Å². The van der Waals surface area contributed by atoms with E-state index in [1.54, 1.807) is 4.90 Å². The van der Waals surface area contributed by atoms with Gasteiger partial charge in [0.2, 0.25) is 11.8 Å². The standard InChI is InChI=1S/C24H40BN3O7/c1-14(2)10-19(25-34-18-12-15-11-17(23(15,3)4)24(18,5)35-25)27-21(30)16(26-22(31)32)13-20(29)28-6-8-33-9-7-28/h14-19,26H,6-13H2,1-5H3,(H,27,30)(H,31,32)/t15-,16+,17-,18+,19-,24-/m0/s1. The number of nitrogens with zero attached hydrogens (tertiary/aromatic N) is 1. The second-order valence-electron chi connectivity index (χ2n) is 11.8. The van der Waals surface area contributed by atoms with Gasteiger partial charge in [-0.2, -0.15) is 0 Å². The molecule has 10 nitrogen and oxygen atoms in total. The Kier molecular flexibility index (Phi) is 7.42. The highest BCUT2D eigenvalue weighted by Crippen LogP contribution is 2.65. The number of nitrogens with one attached hydrogen (secondary N) is 2. The summed E-state index contributed by atoms with van der Waals surface area (Å²) in [6.07, 6.45) is 1.05. The van der Waals surface area contributed by atoms with Crippen LogP contribution in [0.25, 0.3) is 0 Å². The fourth-order valence-corrected chi connectivity index (χ4v) is 6.58. The third kappa shape index (κ3) is 5.18. The number of carbonyl (C=O) groups excluding carboxylic acids is 2. The van der Waals surface area contributed by atoms with Gasteiger partial charge in [-0.3, -0.25) is 9.59 Å². The molecule has 0 aromatic rings. The van der Waals surface area contributed by atoms with Gasteiger partial charge in [-0.25, -0.2) is 4.79 Å². The molecule has 3 saturated carbocycles. The molecule has 2 saturated heterocycles. The van der Waals surface area contributed by atoms with Gasteiger partial charge in [-0.05, 0) is 49.4 Å². The quantitative estimate of drug-likeness (QED) is 0.439. The van der Waals surface area contributed by atoms with Gasteiger partial charge >= 0.3 is 13.2 Å². The van der Waals surface area contributed by atoms with Crippen LogP contribution in [0.3, 0.4) is 0 Å². The van der Waals surface area contributed by atoms with Crippen molar-refractivity contribution >= 4 is 25.0 Å². The molecule has 5 rings (SSSR count). The smallest absolute Gasteiger partial charge is 0.465 e. The number of carboxylic acid groups (broad SMARTS) is 1. The van der Waals surface area contributed by atoms with Crippen molar-refractivity contribution < 1.29 is 33.5 Å². The molecule has 196 valence electrons. The number of ether oxygens (including phenoxy) is 1. The SMILES string of the molecule is CC(C)C[C@H](NC(=O)[C@@H](CC(=O)N1CCOCC1)NC(=O)O)B1O[C@@H]2C[C@@H]3C[C@@H](C3(C)C)[C@]2(C)O1. The van der Waals surface area contributed by atoms with Crippen molar-refractivity contribution in [1.82, 2.24) is 15.5 Å². The van der Waals surface area contributed by atoms with Crippen LogP contribution in [0.4, 0.5) is 4.79 Å². The summed E-state index contributed by atoms with van der Waals surface area (Å²) in [5.74, 6) is -0.0307. The molecule has 0 radical (unpaired) electrons. The minimum Gasteiger partial charge on any atom is -0.465 e. The zero-order chi connectivity index (χ0) is 25.5. The number of hydrogen-bond acceptors (Lipinski definition) is 6. The van der Waals surface area contributed by atoms with Gasteiger partial charge in [0, 0.05) is 13.1 Å². The van der Waals surface area contributed by atoms with Crippen LogP contribution in [0.2, 0.25) is 0 Å². The van der Waals surface area contributed by atoms with E-state index in [1.165, 1.54) is 0 Å². The van der Waals surface area contributed by atoms with Crippen LogP contribution in [-0.2, 0) is 23.6 Å². The topological polar surface area (TPSA) is 126 Å². The van der Waals surface area contributed by atoms with E-state index in [9.17, 15) is 19.5 Å². The molecule has 0 spiro atoms. The average Bonchev–Trinajstić information content (AvgIpc) is 3.15. The fourth-order valence-electron chi connectivity index (χ4n) is 6.58. The molecule has 2 aliphatic heterocycles. The van der Waals surface area contributed by atoms with Crippen LogP contribution in [0, 0.1) is 23.2 Å². The predicted octanol–water partition coefficient (Wildman–Crippen LogP) is 1.67. The van der Waals surface area contributed by atoms with Crippen molar-refractivity contribution in [2.75, 3.05) is 26.3 Å². The molecule has 0 aromatic heterocycles. The number of hydrogen-bond donors (Lipinski definition) is 3. The Morgan fingerprint density at radius 2 is 1.80 bits per heavy atom. The average molecular weight is 493 g/mol. The summed E-state index contributed by atoms with van der Waals surface area (Å²) in [4.78, 5) is 39.0. The van der Waals surface area contributed by atoms with Gasteiger partial charge in [0.15, 0.2) is 0 Å². The number of amides is 3. The summed E-state index contributed by atoms with van der Waals surface area (Å²) >= 11 is 0. The van der Waals surface area contributed by atoms with E-state index in [-0.39, 0.29) is 29.8 Å². The molecule has 0 unspecified atom stereocenters. The first-order chi connectivity index (χ1) is 16.4. The molecule has 3 amide bonds. The van der Waals surface area contributed by atoms with Crippen LogP contribution in [0.5, 0.6) is 0 Å². The first-order valence-electron chi connectivity index (χ1n) is 12.9. The van der Waals surface area contributed by atoms with Gasteiger partial charge in [0.1, 0.15) is 6.04 Å². The second kappa shape index (κ2) is 9.90. The van der Waals surface area contributed by atoms with E-state index in [1.807, 2.05) is 0 Å². The molecule has 3 N–H and O–H groups in total. The van der Waals surface area contributed by atoms with Gasteiger partial charge in [-0.1, -0.05) is 27.7 Å². The number of morpholine rings is 1. The maximum Gasteiger partial charge on any atom is 0.481 e. The Labute approximate surface area is 207 Å². The normalized spacial score (nSPS) is 32.9. The first kappa shape index (κ1) is 26.2. The van der Waals surface area contributed by atoms with Crippen LogP contribution >= 0.6 is 0 Å². The third-order valence-electron chi connectivity index (χ3n) is 8.71. The Bertz CT molecular complexity index is 834. The third-order valence-corrected chi connectivity index (χ3v) is 8.71. The van der Waals surface area contributed by atoms with E-state index in [0.29, 0.717) is 44.6 Å². The summed E-state index contributed by atoms with van der Waals surface area (Å²) in [7, 11) is -0.619. The molecule has 5 fully saturated rings. The predicted molar refractivity (Wildman–Crippen MR) is 128 cm³/mol. The Morgan fingerprint density at radius 3 is 2.40 bits per heavy atom. The van der Waals surface area contributed by atoms with E-state index in [0.717, 1.165) is 12.8 Å². The lowest BCUT2D eigenvalue weighted by Gasteiger charge is -2.64. The van der Waals surface area contributed by atoms with Crippen LogP contribution in [0.15, 0.2) is 0 Å². The minimum atomic E-state index is -1.35. The van der Waals surface area contributed by atoms with Crippen molar-refractivity contribution in [3.8, 4) is 0 Å². The van der Waals surface area contributed by atoms with Crippen LogP contribution < -0.4 is 10.6 Å². The molecule has 2 bridgehead atoms. The highest BCUT2D eigenvalue weighted by molar-refractivity contribution is 6.48. The summed E-state index contributed by atoms with van der Waals surface area (Å²) in [6.45, 7) is 12.5. The van der Waals surface area contributed by atoms with Gasteiger partial charge < -0.3 is 34.7 Å². The molecular weight excluding hydrogens is 453 g/mol. The molecule has 35 heavy (non-hydrogen) atoms. The highest BCUT2D eigenvalue weighted by Gasteiger charge is 2.68. The fraction of sp³-hybridized carbons (Fsp3) is 0.875. The lowest BCUT2D eigenvalue weighted by Crippen LogP contribution is -2.65. The zero-order valence-electron chi connectivity index (χ0n) is 21.5. The largest absolute Gasteiger partial charge is 0.481 e. The monoisotopic (exact) mass is 493 g/mol. The highest BCUT2D eigenvalue weighted by atomic mass is 16.7. The Morgan fingerprint density at radius 1 is 1.11 bits per heavy atom. The minimum absolute atomic E-state index is 0.0216.